The Morgan fingerprint density at radius 2 is 2.16 bits per heavy atom. The summed E-state index contributed by atoms with van der Waals surface area (Å²) in [5.41, 5.74) is 0.515. The van der Waals surface area contributed by atoms with Crippen LogP contribution in [0, 0.1) is 0 Å². The van der Waals surface area contributed by atoms with Gasteiger partial charge in [0.2, 0.25) is 5.13 Å². The van der Waals surface area contributed by atoms with Crippen LogP contribution in [0.15, 0.2) is 29.8 Å². The number of halogens is 3. The molecule has 25 heavy (non-hydrogen) atoms. The fraction of sp³-hybridized carbons (Fsp3) is 0.357. The minimum Gasteiger partial charge on any atom is -0.490 e. The summed E-state index contributed by atoms with van der Waals surface area (Å²) in [7, 11) is 1.42. The third kappa shape index (κ3) is 5.57. The van der Waals surface area contributed by atoms with Gasteiger partial charge in [-0.2, -0.15) is 13.2 Å². The van der Waals surface area contributed by atoms with Crippen LogP contribution in [0.3, 0.4) is 0 Å². The molecule has 136 valence electrons. The topological polar surface area (TPSA) is 87.6 Å². The fourth-order valence-electron chi connectivity index (χ4n) is 1.88. The molecule has 0 aliphatic rings. The largest absolute Gasteiger partial charge is 0.490 e. The molecule has 11 heteroatoms. The van der Waals surface area contributed by atoms with Gasteiger partial charge in [0.25, 0.3) is 0 Å². The van der Waals surface area contributed by atoms with Crippen molar-refractivity contribution in [2.45, 2.75) is 12.3 Å². The van der Waals surface area contributed by atoms with Crippen LogP contribution >= 0.6 is 11.3 Å². The Morgan fingerprint density at radius 1 is 1.44 bits per heavy atom. The number of rotatable bonds is 6. The maximum Gasteiger partial charge on any atom is 0.419 e. The highest BCUT2D eigenvalue weighted by atomic mass is 32.1. The number of anilines is 1. The Morgan fingerprint density at radius 3 is 2.80 bits per heavy atom. The van der Waals surface area contributed by atoms with E-state index in [4.69, 9.17) is 4.74 Å². The Balaban J connectivity index is 1.86. The maximum absolute atomic E-state index is 12.9. The monoisotopic (exact) mass is 376 g/mol. The van der Waals surface area contributed by atoms with Gasteiger partial charge in [-0.3, -0.25) is 5.32 Å². The van der Waals surface area contributed by atoms with E-state index in [0.717, 1.165) is 22.3 Å². The van der Waals surface area contributed by atoms with Gasteiger partial charge in [-0.25, -0.2) is 4.79 Å². The quantitative estimate of drug-likeness (QED) is 0.809. The van der Waals surface area contributed by atoms with E-state index >= 15 is 0 Å². The first-order valence-electron chi connectivity index (χ1n) is 7.02. The van der Waals surface area contributed by atoms with Crippen molar-refractivity contribution in [3.8, 4) is 5.75 Å². The molecule has 7 nitrogen and oxygen atoms in total. The summed E-state index contributed by atoms with van der Waals surface area (Å²) in [5, 5.41) is 19.9. The summed E-state index contributed by atoms with van der Waals surface area (Å²) >= 11 is 1.12. The van der Waals surface area contributed by atoms with Gasteiger partial charge in [-0.15, -0.1) is 10.2 Å². The normalized spacial score (nSPS) is 12.5. The zero-order chi connectivity index (χ0) is 18.4. The van der Waals surface area contributed by atoms with Crippen molar-refractivity contribution in [2.24, 2.45) is 0 Å². The molecule has 0 bridgehead atoms. The average Bonchev–Trinajstić information content (AvgIpc) is 3.05. The second kappa shape index (κ2) is 8.12. The number of alkyl halides is 3. The number of aliphatic hydroxyl groups is 1. The van der Waals surface area contributed by atoms with Crippen LogP contribution in [-0.4, -0.2) is 52.5 Å². The van der Waals surface area contributed by atoms with E-state index in [1.807, 2.05) is 0 Å². The Hall–Kier alpha value is -2.40. The third-order valence-electron chi connectivity index (χ3n) is 3.03. The molecule has 1 heterocycles. The lowest BCUT2D eigenvalue weighted by atomic mass is 10.2. The zero-order valence-electron chi connectivity index (χ0n) is 13.0. The third-order valence-corrected chi connectivity index (χ3v) is 3.64. The fourth-order valence-corrected chi connectivity index (χ4v) is 2.31. The first-order valence-corrected chi connectivity index (χ1v) is 7.90. The molecule has 0 fully saturated rings. The van der Waals surface area contributed by atoms with Gasteiger partial charge in [0.15, 0.2) is 0 Å². The number of hydrogen-bond donors (Lipinski definition) is 2. The van der Waals surface area contributed by atoms with E-state index in [1.165, 1.54) is 30.8 Å². The Bertz CT molecular complexity index is 697. The molecular formula is C14H15F3N4O3S. The number of ether oxygens (including phenoxy) is 1. The maximum atomic E-state index is 12.9. The second-order valence-corrected chi connectivity index (χ2v) is 5.85. The number of carbonyl (C=O) groups excluding carboxylic acids is 1. The highest BCUT2D eigenvalue weighted by Crippen LogP contribution is 2.35. The van der Waals surface area contributed by atoms with E-state index in [9.17, 15) is 23.1 Å². The van der Waals surface area contributed by atoms with Crippen LogP contribution in [0.4, 0.5) is 23.1 Å². The highest BCUT2D eigenvalue weighted by Gasteiger charge is 2.34. The van der Waals surface area contributed by atoms with Crippen molar-refractivity contribution in [1.82, 2.24) is 15.1 Å². The van der Waals surface area contributed by atoms with Gasteiger partial charge >= 0.3 is 12.2 Å². The van der Waals surface area contributed by atoms with Crippen LogP contribution < -0.4 is 10.1 Å². The standard InChI is InChI=1S/C14H15F3N4O3S/c1-21(13(23)19-12-20-18-8-25-12)6-9(22)7-24-11-5-3-2-4-10(11)14(15,16)17/h2-5,8-9,22H,6-7H2,1H3,(H,19,20,23)/t9-/m1/s1. The Labute approximate surface area is 145 Å². The number of amides is 2. The number of aromatic nitrogens is 2. The average molecular weight is 376 g/mol. The van der Waals surface area contributed by atoms with Gasteiger partial charge in [0.1, 0.15) is 24.0 Å². The van der Waals surface area contributed by atoms with Crippen LogP contribution in [-0.2, 0) is 6.18 Å². The summed E-state index contributed by atoms with van der Waals surface area (Å²) in [4.78, 5) is 13.0. The predicted molar refractivity (Wildman–Crippen MR) is 84.5 cm³/mol. The molecule has 0 spiro atoms. The zero-order valence-corrected chi connectivity index (χ0v) is 13.8. The molecule has 2 rings (SSSR count). The minimum absolute atomic E-state index is 0.140. The molecule has 2 N–H and O–H groups in total. The minimum atomic E-state index is -4.56. The van der Waals surface area contributed by atoms with Crippen LogP contribution in [0.25, 0.3) is 0 Å². The number of likely N-dealkylation sites (N-methyl/N-ethyl adjacent to an activating group) is 1. The van der Waals surface area contributed by atoms with Crippen LogP contribution in [0.2, 0.25) is 0 Å². The number of urea groups is 1. The number of nitrogens with zero attached hydrogens (tertiary/aromatic N) is 3. The van der Waals surface area contributed by atoms with Crippen LogP contribution in [0.1, 0.15) is 5.56 Å². The van der Waals surface area contributed by atoms with E-state index < -0.39 is 30.5 Å². The molecule has 0 aliphatic heterocycles. The van der Waals surface area contributed by atoms with E-state index in [-0.39, 0.29) is 12.3 Å². The first kappa shape index (κ1) is 18.9. The summed E-state index contributed by atoms with van der Waals surface area (Å²) in [6.07, 6.45) is -5.73. The smallest absolute Gasteiger partial charge is 0.419 e. The molecule has 1 aromatic carbocycles. The van der Waals surface area contributed by atoms with E-state index in [2.05, 4.69) is 15.5 Å². The predicted octanol–water partition coefficient (Wildman–Crippen LogP) is 2.46. The van der Waals surface area contributed by atoms with Crippen molar-refractivity contribution >= 4 is 22.5 Å². The first-order chi connectivity index (χ1) is 11.8. The number of aliphatic hydroxyl groups excluding tert-OH is 1. The van der Waals surface area contributed by atoms with Gasteiger partial charge in [0.05, 0.1) is 12.1 Å². The summed E-state index contributed by atoms with van der Waals surface area (Å²) < 4.78 is 43.6. The molecule has 0 saturated carbocycles. The molecular weight excluding hydrogens is 361 g/mol. The molecule has 0 radical (unpaired) electrons. The van der Waals surface area contributed by atoms with Crippen molar-refractivity contribution in [3.63, 3.8) is 0 Å². The lowest BCUT2D eigenvalue weighted by molar-refractivity contribution is -0.139. The molecule has 0 saturated heterocycles. The number of hydrogen-bond acceptors (Lipinski definition) is 6. The number of carbonyl (C=O) groups is 1. The van der Waals surface area contributed by atoms with Gasteiger partial charge < -0.3 is 14.7 Å². The van der Waals surface area contributed by atoms with Crippen molar-refractivity contribution in [1.29, 1.82) is 0 Å². The number of para-hydroxylation sites is 1. The van der Waals surface area contributed by atoms with E-state index in [0.29, 0.717) is 5.13 Å². The number of benzene rings is 1. The highest BCUT2D eigenvalue weighted by molar-refractivity contribution is 7.13. The summed E-state index contributed by atoms with van der Waals surface area (Å²) in [6, 6.07) is 4.17. The van der Waals surface area contributed by atoms with Crippen molar-refractivity contribution in [3.05, 3.63) is 35.3 Å². The molecule has 0 aliphatic carbocycles. The van der Waals surface area contributed by atoms with Crippen molar-refractivity contribution in [2.75, 3.05) is 25.5 Å². The van der Waals surface area contributed by atoms with Gasteiger partial charge in [-0.05, 0) is 12.1 Å². The molecule has 0 unspecified atom stereocenters. The SMILES string of the molecule is CN(C[C@@H](O)COc1ccccc1C(F)(F)F)C(=O)Nc1nncs1. The van der Waals surface area contributed by atoms with Gasteiger partial charge in [0, 0.05) is 7.05 Å². The summed E-state index contributed by atoms with van der Waals surface area (Å²) in [6.45, 7) is -0.539. The van der Waals surface area contributed by atoms with Gasteiger partial charge in [-0.1, -0.05) is 23.5 Å². The molecule has 1 atom stereocenters. The molecule has 2 amide bonds. The van der Waals surface area contributed by atoms with Crippen LogP contribution in [0.5, 0.6) is 5.75 Å². The number of nitrogens with one attached hydrogen (secondary N) is 1. The van der Waals surface area contributed by atoms with Crippen molar-refractivity contribution < 1.29 is 27.8 Å². The molecule has 1 aromatic heterocycles. The van der Waals surface area contributed by atoms with E-state index in [1.54, 1.807) is 0 Å². The summed E-state index contributed by atoms with van der Waals surface area (Å²) in [5.74, 6) is -0.380. The lowest BCUT2D eigenvalue weighted by Gasteiger charge is -2.21. The Kier molecular flexibility index (Phi) is 6.15. The molecule has 2 aromatic rings. The lowest BCUT2D eigenvalue weighted by Crippen LogP contribution is -2.39. The second-order valence-electron chi connectivity index (χ2n) is 5.01.